The molecular formula is C22H23NO3. The molecule has 0 amide bonds. The van der Waals surface area contributed by atoms with Crippen molar-refractivity contribution in [1.29, 1.82) is 5.26 Å². The Kier molecular flexibility index (Phi) is 5.60. The predicted molar refractivity (Wildman–Crippen MR) is 101 cm³/mol. The number of hydrogen-bond acceptors (Lipinski definition) is 4. The van der Waals surface area contributed by atoms with Crippen LogP contribution in [0.5, 0.6) is 17.2 Å². The molecule has 1 unspecified atom stereocenters. The molecule has 1 atom stereocenters. The molecule has 4 rings (SSSR count). The third-order valence-electron chi connectivity index (χ3n) is 4.46. The highest BCUT2D eigenvalue weighted by molar-refractivity contribution is 5.72. The van der Waals surface area contributed by atoms with Gasteiger partial charge in [0.05, 0.1) is 12.7 Å². The normalized spacial score (nSPS) is 20.8. The number of ether oxygens (including phenoxy) is 3. The van der Waals surface area contributed by atoms with Gasteiger partial charge in [-0.15, -0.1) is 0 Å². The zero-order valence-corrected chi connectivity index (χ0v) is 15.0. The second-order valence-electron chi connectivity index (χ2n) is 6.52. The lowest BCUT2D eigenvalue weighted by atomic mass is 9.84. The Hall–Kier alpha value is -2.77. The van der Waals surface area contributed by atoms with E-state index in [0.29, 0.717) is 6.61 Å². The maximum Gasteiger partial charge on any atom is 0.136 e. The van der Waals surface area contributed by atoms with Gasteiger partial charge in [-0.05, 0) is 48.7 Å². The first-order chi connectivity index (χ1) is 12.7. The summed E-state index contributed by atoms with van der Waals surface area (Å²) in [5, 5.41) is 7.32. The van der Waals surface area contributed by atoms with Crippen LogP contribution in [0.3, 0.4) is 0 Å². The molecule has 0 aliphatic carbocycles. The van der Waals surface area contributed by atoms with E-state index in [2.05, 4.69) is 6.58 Å². The third kappa shape index (κ3) is 4.07. The van der Waals surface area contributed by atoms with Crippen LogP contribution in [0.2, 0.25) is 0 Å². The highest BCUT2D eigenvalue weighted by atomic mass is 16.5. The van der Waals surface area contributed by atoms with Gasteiger partial charge in [0.2, 0.25) is 0 Å². The molecule has 2 aromatic carbocycles. The summed E-state index contributed by atoms with van der Waals surface area (Å²) in [5.41, 5.74) is 1.90. The summed E-state index contributed by atoms with van der Waals surface area (Å²) in [4.78, 5) is 0. The molecule has 0 radical (unpaired) electrons. The van der Waals surface area contributed by atoms with Crippen LogP contribution >= 0.6 is 0 Å². The van der Waals surface area contributed by atoms with Crippen molar-refractivity contribution in [3.8, 4) is 23.3 Å². The smallest absolute Gasteiger partial charge is 0.136 e. The van der Waals surface area contributed by atoms with Gasteiger partial charge in [-0.25, -0.2) is 0 Å². The van der Waals surface area contributed by atoms with E-state index in [1.807, 2.05) is 48.5 Å². The van der Waals surface area contributed by atoms with Crippen molar-refractivity contribution in [3.63, 3.8) is 0 Å². The number of para-hydroxylation sites is 1. The van der Waals surface area contributed by atoms with E-state index in [4.69, 9.17) is 19.5 Å². The van der Waals surface area contributed by atoms with Gasteiger partial charge < -0.3 is 14.2 Å². The summed E-state index contributed by atoms with van der Waals surface area (Å²) in [6, 6.07) is 17.5. The Bertz CT molecular complexity index is 802. The molecule has 1 fully saturated rings. The first-order valence-corrected chi connectivity index (χ1v) is 8.78. The van der Waals surface area contributed by atoms with Gasteiger partial charge >= 0.3 is 0 Å². The summed E-state index contributed by atoms with van der Waals surface area (Å²) in [5.74, 6) is 2.51. The van der Waals surface area contributed by atoms with Crippen LogP contribution in [0.25, 0.3) is 5.57 Å². The number of benzene rings is 2. The molecule has 0 saturated carbocycles. The van der Waals surface area contributed by atoms with Gasteiger partial charge in [0, 0.05) is 25.5 Å². The summed E-state index contributed by atoms with van der Waals surface area (Å²) in [6.07, 6.45) is 2.88. The minimum absolute atomic E-state index is 0.232. The summed E-state index contributed by atoms with van der Waals surface area (Å²) >= 11 is 0. The fourth-order valence-electron chi connectivity index (χ4n) is 3.36. The fraction of sp³-hybridized carbons (Fsp3) is 0.318. The molecule has 26 heavy (non-hydrogen) atoms. The highest BCUT2D eigenvalue weighted by Crippen LogP contribution is 2.44. The van der Waals surface area contributed by atoms with Crippen LogP contribution < -0.4 is 9.47 Å². The molecule has 0 bridgehead atoms. The summed E-state index contributed by atoms with van der Waals surface area (Å²) < 4.78 is 17.8. The lowest BCUT2D eigenvalue weighted by molar-refractivity contribution is -0.0678. The minimum atomic E-state index is -0.232. The van der Waals surface area contributed by atoms with Crippen LogP contribution in [0.1, 0.15) is 31.7 Å². The largest absolute Gasteiger partial charge is 0.484 e. The standard InChI is InChI=1S/C20H20O3.C2H3N/c1-15-13-20(10-5-11-21-14-20)23-19-9-8-17(12-18(15)19)22-16-6-3-2-4-7-16;1-2-3/h2-4,6-9,12H,1,5,10-11,13-14H2;1H3. The average molecular weight is 349 g/mol. The number of nitriles is 1. The molecule has 0 aromatic heterocycles. The van der Waals surface area contributed by atoms with Gasteiger partial charge in [-0.1, -0.05) is 24.8 Å². The molecule has 0 N–H and O–H groups in total. The molecule has 2 heterocycles. The quantitative estimate of drug-likeness (QED) is 0.733. The zero-order chi connectivity index (χ0) is 18.4. The lowest BCUT2D eigenvalue weighted by Gasteiger charge is -2.41. The number of hydrogen-bond donors (Lipinski definition) is 0. The Morgan fingerprint density at radius 1 is 1.15 bits per heavy atom. The van der Waals surface area contributed by atoms with Crippen LogP contribution in [0.15, 0.2) is 55.1 Å². The van der Waals surface area contributed by atoms with Crippen molar-refractivity contribution in [2.24, 2.45) is 0 Å². The Morgan fingerprint density at radius 2 is 1.92 bits per heavy atom. The van der Waals surface area contributed by atoms with Crippen LogP contribution in [0, 0.1) is 11.3 Å². The molecule has 1 spiro atoms. The van der Waals surface area contributed by atoms with Gasteiger partial charge in [0.1, 0.15) is 22.8 Å². The van der Waals surface area contributed by atoms with E-state index in [1.54, 1.807) is 6.07 Å². The first kappa shape index (κ1) is 18.0. The summed E-state index contributed by atoms with van der Waals surface area (Å²) in [6.45, 7) is 7.17. The molecule has 134 valence electrons. The number of rotatable bonds is 2. The van der Waals surface area contributed by atoms with Gasteiger partial charge in [-0.3, -0.25) is 0 Å². The highest BCUT2D eigenvalue weighted by Gasteiger charge is 2.40. The van der Waals surface area contributed by atoms with E-state index >= 15 is 0 Å². The van der Waals surface area contributed by atoms with Crippen LogP contribution in [-0.2, 0) is 4.74 Å². The van der Waals surface area contributed by atoms with E-state index in [1.165, 1.54) is 6.92 Å². The summed E-state index contributed by atoms with van der Waals surface area (Å²) in [7, 11) is 0. The Balaban J connectivity index is 0.000000613. The minimum Gasteiger partial charge on any atom is -0.484 e. The first-order valence-electron chi connectivity index (χ1n) is 8.78. The second kappa shape index (κ2) is 8.07. The molecule has 4 nitrogen and oxygen atoms in total. The second-order valence-corrected chi connectivity index (χ2v) is 6.52. The maximum absolute atomic E-state index is 7.32. The topological polar surface area (TPSA) is 51.5 Å². The van der Waals surface area contributed by atoms with Crippen molar-refractivity contribution in [1.82, 2.24) is 0 Å². The molecule has 2 aromatic rings. The van der Waals surface area contributed by atoms with Crippen molar-refractivity contribution in [2.75, 3.05) is 13.2 Å². The van der Waals surface area contributed by atoms with Crippen molar-refractivity contribution < 1.29 is 14.2 Å². The number of fused-ring (bicyclic) bond motifs is 1. The number of nitrogens with zero attached hydrogens (tertiary/aromatic N) is 1. The zero-order valence-electron chi connectivity index (χ0n) is 15.0. The third-order valence-corrected chi connectivity index (χ3v) is 4.46. The van der Waals surface area contributed by atoms with Crippen molar-refractivity contribution in [3.05, 3.63) is 60.7 Å². The van der Waals surface area contributed by atoms with Crippen molar-refractivity contribution in [2.45, 2.75) is 31.8 Å². The van der Waals surface area contributed by atoms with Crippen molar-refractivity contribution >= 4 is 5.57 Å². The van der Waals surface area contributed by atoms with E-state index in [-0.39, 0.29) is 5.60 Å². The molecule has 4 heteroatoms. The lowest BCUT2D eigenvalue weighted by Crippen LogP contribution is -2.46. The average Bonchev–Trinajstić information content (AvgIpc) is 2.64. The van der Waals surface area contributed by atoms with Crippen LogP contribution in [-0.4, -0.2) is 18.8 Å². The Morgan fingerprint density at radius 3 is 2.62 bits per heavy atom. The molecule has 1 saturated heterocycles. The maximum atomic E-state index is 7.32. The predicted octanol–water partition coefficient (Wildman–Crippen LogP) is 5.35. The molecule has 2 aliphatic rings. The molecular weight excluding hydrogens is 326 g/mol. The molecule has 2 aliphatic heterocycles. The fourth-order valence-corrected chi connectivity index (χ4v) is 3.36. The Labute approximate surface area is 154 Å². The van der Waals surface area contributed by atoms with Gasteiger partial charge in [-0.2, -0.15) is 5.26 Å². The van der Waals surface area contributed by atoms with E-state index in [0.717, 1.165) is 54.3 Å². The van der Waals surface area contributed by atoms with Gasteiger partial charge in [0.15, 0.2) is 0 Å². The van der Waals surface area contributed by atoms with E-state index in [9.17, 15) is 0 Å². The van der Waals surface area contributed by atoms with E-state index < -0.39 is 0 Å². The monoisotopic (exact) mass is 349 g/mol. The van der Waals surface area contributed by atoms with Crippen LogP contribution in [0.4, 0.5) is 0 Å². The SMILES string of the molecule is C=C1CC2(CCCOC2)Oc2ccc(Oc3ccccc3)cc21.CC#N. The van der Waals surface area contributed by atoms with Gasteiger partial charge in [0.25, 0.3) is 0 Å².